The summed E-state index contributed by atoms with van der Waals surface area (Å²) in [6, 6.07) is 0. The summed E-state index contributed by atoms with van der Waals surface area (Å²) >= 11 is 0. The van der Waals surface area contributed by atoms with E-state index in [1.807, 2.05) is 13.8 Å². The maximum absolute atomic E-state index is 11.7. The molecule has 0 unspecified atom stereocenters. The molecule has 0 aromatic rings. The molecule has 2 atom stereocenters. The van der Waals surface area contributed by atoms with Gasteiger partial charge in [0, 0.05) is 5.41 Å². The highest BCUT2D eigenvalue weighted by molar-refractivity contribution is 5.82. The summed E-state index contributed by atoms with van der Waals surface area (Å²) in [5.74, 6) is 0.735. The van der Waals surface area contributed by atoms with Crippen LogP contribution in [0.3, 0.4) is 0 Å². The van der Waals surface area contributed by atoms with Crippen LogP contribution in [-0.4, -0.2) is 16.5 Å². The van der Waals surface area contributed by atoms with E-state index in [4.69, 9.17) is 0 Å². The Hall–Kier alpha value is -0.630. The SMILES string of the molecule is CC(=O)[C@@]1(C)CC=C(CCCC(C)(C)O)C[C@H]1C. The fourth-order valence-corrected chi connectivity index (χ4v) is 2.70. The Kier molecular flexibility index (Phi) is 4.77. The van der Waals surface area contributed by atoms with Crippen molar-refractivity contribution in [2.24, 2.45) is 11.3 Å². The van der Waals surface area contributed by atoms with Crippen molar-refractivity contribution in [2.75, 3.05) is 0 Å². The van der Waals surface area contributed by atoms with E-state index in [0.29, 0.717) is 11.7 Å². The van der Waals surface area contributed by atoms with Crippen LogP contribution < -0.4 is 0 Å². The Morgan fingerprint density at radius 1 is 1.56 bits per heavy atom. The molecule has 1 aliphatic carbocycles. The Morgan fingerprint density at radius 3 is 2.61 bits per heavy atom. The molecule has 0 aliphatic heterocycles. The number of allylic oxidation sites excluding steroid dienone is 2. The van der Waals surface area contributed by atoms with Gasteiger partial charge in [-0.3, -0.25) is 4.79 Å². The molecule has 104 valence electrons. The van der Waals surface area contributed by atoms with E-state index in [9.17, 15) is 9.90 Å². The summed E-state index contributed by atoms with van der Waals surface area (Å²) in [5.41, 5.74) is 0.736. The Balaban J connectivity index is 2.53. The van der Waals surface area contributed by atoms with Gasteiger partial charge < -0.3 is 5.11 Å². The predicted molar refractivity (Wildman–Crippen MR) is 75.4 cm³/mol. The standard InChI is InChI=1S/C16H28O2/c1-12-11-14(7-6-9-15(3,4)18)8-10-16(12,5)13(2)17/h8,12,18H,6-7,9-11H2,1-5H3/t12-,16+/m1/s1. The van der Waals surface area contributed by atoms with Crippen molar-refractivity contribution in [2.45, 2.75) is 72.3 Å². The molecule has 2 nitrogen and oxygen atoms in total. The summed E-state index contributed by atoms with van der Waals surface area (Å²) in [6.45, 7) is 9.70. The average Bonchev–Trinajstić information content (AvgIpc) is 2.21. The van der Waals surface area contributed by atoms with Gasteiger partial charge in [-0.25, -0.2) is 0 Å². The molecule has 1 rings (SSSR count). The molecule has 0 bridgehead atoms. The first-order valence-electron chi connectivity index (χ1n) is 7.06. The summed E-state index contributed by atoms with van der Waals surface area (Å²) in [5, 5.41) is 9.69. The summed E-state index contributed by atoms with van der Waals surface area (Å²) in [7, 11) is 0. The van der Waals surface area contributed by atoms with Crippen molar-refractivity contribution in [3.8, 4) is 0 Å². The van der Waals surface area contributed by atoms with Crippen molar-refractivity contribution < 1.29 is 9.90 Å². The second kappa shape index (κ2) is 5.56. The number of hydrogen-bond donors (Lipinski definition) is 1. The number of hydrogen-bond acceptors (Lipinski definition) is 2. The Labute approximate surface area is 111 Å². The lowest BCUT2D eigenvalue weighted by molar-refractivity contribution is -0.128. The van der Waals surface area contributed by atoms with E-state index in [1.165, 1.54) is 5.57 Å². The van der Waals surface area contributed by atoms with Gasteiger partial charge in [-0.1, -0.05) is 25.5 Å². The van der Waals surface area contributed by atoms with E-state index in [1.54, 1.807) is 6.92 Å². The quantitative estimate of drug-likeness (QED) is 0.754. The molecule has 0 saturated carbocycles. The zero-order valence-corrected chi connectivity index (χ0v) is 12.5. The number of ketones is 1. The zero-order valence-electron chi connectivity index (χ0n) is 12.5. The fourth-order valence-electron chi connectivity index (χ4n) is 2.70. The van der Waals surface area contributed by atoms with Gasteiger partial charge >= 0.3 is 0 Å². The molecule has 1 N–H and O–H groups in total. The zero-order chi connectivity index (χ0) is 14.0. The minimum absolute atomic E-state index is 0.167. The van der Waals surface area contributed by atoms with E-state index in [0.717, 1.165) is 32.1 Å². The highest BCUT2D eigenvalue weighted by Crippen LogP contribution is 2.42. The molecular weight excluding hydrogens is 224 g/mol. The second-order valence-electron chi connectivity index (χ2n) is 6.81. The lowest BCUT2D eigenvalue weighted by Gasteiger charge is -2.37. The molecule has 0 fully saturated rings. The lowest BCUT2D eigenvalue weighted by Crippen LogP contribution is -2.35. The van der Waals surface area contributed by atoms with Gasteiger partial charge in [0.2, 0.25) is 0 Å². The molecule has 18 heavy (non-hydrogen) atoms. The minimum atomic E-state index is -0.561. The predicted octanol–water partition coefficient (Wildman–Crippen LogP) is 3.88. The highest BCUT2D eigenvalue weighted by Gasteiger charge is 2.37. The van der Waals surface area contributed by atoms with Gasteiger partial charge in [-0.05, 0) is 58.8 Å². The number of rotatable bonds is 5. The van der Waals surface area contributed by atoms with Crippen molar-refractivity contribution >= 4 is 5.78 Å². The van der Waals surface area contributed by atoms with Crippen molar-refractivity contribution in [3.63, 3.8) is 0 Å². The smallest absolute Gasteiger partial charge is 0.136 e. The number of carbonyl (C=O) groups excluding carboxylic acids is 1. The van der Waals surface area contributed by atoms with Gasteiger partial charge in [0.25, 0.3) is 0 Å². The largest absolute Gasteiger partial charge is 0.390 e. The normalized spacial score (nSPS) is 29.0. The summed E-state index contributed by atoms with van der Waals surface area (Å²) < 4.78 is 0. The maximum Gasteiger partial charge on any atom is 0.136 e. The van der Waals surface area contributed by atoms with Crippen LogP contribution in [0, 0.1) is 11.3 Å². The van der Waals surface area contributed by atoms with E-state index in [2.05, 4.69) is 19.9 Å². The van der Waals surface area contributed by atoms with Crippen LogP contribution in [0.15, 0.2) is 11.6 Å². The third-order valence-electron chi connectivity index (χ3n) is 4.56. The van der Waals surface area contributed by atoms with Gasteiger partial charge in [0.05, 0.1) is 5.60 Å². The minimum Gasteiger partial charge on any atom is -0.390 e. The molecular formula is C16H28O2. The molecule has 0 saturated heterocycles. The van der Waals surface area contributed by atoms with Crippen molar-refractivity contribution in [1.82, 2.24) is 0 Å². The Bertz CT molecular complexity index is 335. The summed E-state index contributed by atoms with van der Waals surface area (Å²) in [6.07, 6.45) is 7.08. The van der Waals surface area contributed by atoms with E-state index in [-0.39, 0.29) is 5.41 Å². The maximum atomic E-state index is 11.7. The molecule has 0 aromatic carbocycles. The van der Waals surface area contributed by atoms with Crippen LogP contribution in [0.4, 0.5) is 0 Å². The summed E-state index contributed by atoms with van der Waals surface area (Å²) in [4.78, 5) is 11.7. The van der Waals surface area contributed by atoms with Crippen LogP contribution in [0.1, 0.15) is 66.7 Å². The van der Waals surface area contributed by atoms with Crippen LogP contribution >= 0.6 is 0 Å². The van der Waals surface area contributed by atoms with Crippen LogP contribution in [0.5, 0.6) is 0 Å². The fraction of sp³-hybridized carbons (Fsp3) is 0.812. The van der Waals surface area contributed by atoms with E-state index < -0.39 is 5.60 Å². The molecule has 0 aromatic heterocycles. The lowest BCUT2D eigenvalue weighted by atomic mass is 9.66. The van der Waals surface area contributed by atoms with Crippen LogP contribution in [-0.2, 0) is 4.79 Å². The van der Waals surface area contributed by atoms with Crippen LogP contribution in [0.25, 0.3) is 0 Å². The number of carbonyl (C=O) groups is 1. The van der Waals surface area contributed by atoms with Gasteiger partial charge in [0.1, 0.15) is 5.78 Å². The van der Waals surface area contributed by atoms with Gasteiger partial charge in [-0.2, -0.15) is 0 Å². The van der Waals surface area contributed by atoms with Crippen molar-refractivity contribution in [3.05, 3.63) is 11.6 Å². The third kappa shape index (κ3) is 3.94. The molecule has 0 spiro atoms. The van der Waals surface area contributed by atoms with Crippen LogP contribution in [0.2, 0.25) is 0 Å². The second-order valence-corrected chi connectivity index (χ2v) is 6.81. The van der Waals surface area contributed by atoms with Gasteiger partial charge in [-0.15, -0.1) is 0 Å². The van der Waals surface area contributed by atoms with Gasteiger partial charge in [0.15, 0.2) is 0 Å². The monoisotopic (exact) mass is 252 g/mol. The number of Topliss-reactive ketones (excluding diaryl/α,β-unsaturated/α-hetero) is 1. The molecule has 0 radical (unpaired) electrons. The first-order valence-corrected chi connectivity index (χ1v) is 7.06. The first-order chi connectivity index (χ1) is 8.15. The highest BCUT2D eigenvalue weighted by atomic mass is 16.3. The number of aliphatic hydroxyl groups is 1. The first kappa shape index (κ1) is 15.4. The van der Waals surface area contributed by atoms with Crippen molar-refractivity contribution in [1.29, 1.82) is 0 Å². The molecule has 2 heteroatoms. The topological polar surface area (TPSA) is 37.3 Å². The Morgan fingerprint density at radius 2 is 2.17 bits per heavy atom. The molecule has 0 heterocycles. The van der Waals surface area contributed by atoms with E-state index >= 15 is 0 Å². The third-order valence-corrected chi connectivity index (χ3v) is 4.56. The molecule has 0 amide bonds. The average molecular weight is 252 g/mol. The molecule has 1 aliphatic rings.